The summed E-state index contributed by atoms with van der Waals surface area (Å²) in [6, 6.07) is 5.84. The lowest BCUT2D eigenvalue weighted by Crippen LogP contribution is -2.13. The Labute approximate surface area is 108 Å². The topological polar surface area (TPSA) is 111 Å². The maximum absolute atomic E-state index is 11.9. The van der Waals surface area contributed by atoms with E-state index in [0.717, 1.165) is 0 Å². The lowest BCUT2D eigenvalue weighted by molar-refractivity contribution is 0.102. The van der Waals surface area contributed by atoms with Crippen molar-refractivity contribution in [2.24, 2.45) is 7.05 Å². The number of hydrogen-bond donors (Lipinski definition) is 3. The number of anilines is 1. The summed E-state index contributed by atoms with van der Waals surface area (Å²) in [5, 5.41) is 34.3. The van der Waals surface area contributed by atoms with Crippen LogP contribution in [0, 0.1) is 11.3 Å². The van der Waals surface area contributed by atoms with Gasteiger partial charge in [-0.15, -0.1) is 0 Å². The van der Waals surface area contributed by atoms with Gasteiger partial charge in [0.15, 0.2) is 5.82 Å². The molecular weight excluding hydrogens is 248 g/mol. The smallest absolute Gasteiger partial charge is 0.264 e. The number of aromatic hydroxyl groups is 2. The average Bonchev–Trinajstić information content (AvgIpc) is 2.69. The van der Waals surface area contributed by atoms with E-state index < -0.39 is 5.91 Å². The lowest BCUT2D eigenvalue weighted by atomic mass is 10.1. The van der Waals surface area contributed by atoms with Crippen LogP contribution >= 0.6 is 0 Å². The minimum absolute atomic E-state index is 0.0673. The molecule has 1 heterocycles. The molecule has 2 rings (SSSR count). The number of hydrogen-bond acceptors (Lipinski definition) is 5. The predicted molar refractivity (Wildman–Crippen MR) is 65.6 cm³/mol. The zero-order valence-electron chi connectivity index (χ0n) is 9.95. The van der Waals surface area contributed by atoms with Crippen molar-refractivity contribution in [1.29, 1.82) is 5.26 Å². The number of nitrogens with zero attached hydrogens (tertiary/aromatic N) is 3. The number of aromatic nitrogens is 2. The molecule has 0 aliphatic heterocycles. The van der Waals surface area contributed by atoms with Crippen molar-refractivity contribution in [1.82, 2.24) is 9.78 Å². The van der Waals surface area contributed by atoms with Gasteiger partial charge in [-0.2, -0.15) is 10.4 Å². The van der Waals surface area contributed by atoms with Crippen LogP contribution in [0.5, 0.6) is 11.5 Å². The van der Waals surface area contributed by atoms with Gasteiger partial charge in [-0.1, -0.05) is 6.07 Å². The summed E-state index contributed by atoms with van der Waals surface area (Å²) in [6.07, 6.45) is 1.44. The third-order valence-electron chi connectivity index (χ3n) is 2.43. The molecule has 0 spiro atoms. The number of benzene rings is 1. The van der Waals surface area contributed by atoms with Crippen molar-refractivity contribution >= 4 is 11.7 Å². The van der Waals surface area contributed by atoms with Gasteiger partial charge in [0, 0.05) is 13.2 Å². The fourth-order valence-electron chi connectivity index (χ4n) is 1.59. The van der Waals surface area contributed by atoms with Gasteiger partial charge in [-0.25, -0.2) is 0 Å². The Morgan fingerprint density at radius 1 is 1.42 bits per heavy atom. The second kappa shape index (κ2) is 4.70. The van der Waals surface area contributed by atoms with Crippen LogP contribution in [0.25, 0.3) is 0 Å². The average molecular weight is 258 g/mol. The van der Waals surface area contributed by atoms with Crippen molar-refractivity contribution < 1.29 is 15.0 Å². The Hall–Kier alpha value is -3.01. The molecule has 0 radical (unpaired) electrons. The Bertz CT molecular complexity index is 665. The van der Waals surface area contributed by atoms with Gasteiger partial charge in [0.25, 0.3) is 5.91 Å². The van der Waals surface area contributed by atoms with E-state index >= 15 is 0 Å². The fourth-order valence-corrected chi connectivity index (χ4v) is 1.59. The molecule has 3 N–H and O–H groups in total. The predicted octanol–water partition coefficient (Wildman–Crippen LogP) is 0.955. The van der Waals surface area contributed by atoms with Crippen molar-refractivity contribution in [2.45, 2.75) is 0 Å². The van der Waals surface area contributed by atoms with Crippen molar-refractivity contribution in [3.05, 3.63) is 35.5 Å². The monoisotopic (exact) mass is 258 g/mol. The van der Waals surface area contributed by atoms with Crippen LogP contribution in [0.3, 0.4) is 0 Å². The zero-order valence-corrected chi connectivity index (χ0v) is 9.95. The molecule has 1 aromatic carbocycles. The quantitative estimate of drug-likeness (QED) is 0.742. The summed E-state index contributed by atoms with van der Waals surface area (Å²) in [7, 11) is 1.61. The molecule has 7 heteroatoms. The summed E-state index contributed by atoms with van der Waals surface area (Å²) < 4.78 is 1.37. The molecule has 0 aliphatic rings. The van der Waals surface area contributed by atoms with E-state index in [2.05, 4.69) is 10.4 Å². The summed E-state index contributed by atoms with van der Waals surface area (Å²) in [4.78, 5) is 11.9. The first-order valence-electron chi connectivity index (χ1n) is 5.29. The van der Waals surface area contributed by atoms with Gasteiger partial charge < -0.3 is 15.5 Å². The second-order valence-electron chi connectivity index (χ2n) is 3.80. The van der Waals surface area contributed by atoms with Gasteiger partial charge in [0.2, 0.25) is 0 Å². The molecular formula is C12H10N4O3. The first-order chi connectivity index (χ1) is 9.02. The zero-order chi connectivity index (χ0) is 14.0. The number of nitrogens with one attached hydrogen (secondary N) is 1. The lowest BCUT2D eigenvalue weighted by Gasteiger charge is -2.06. The van der Waals surface area contributed by atoms with Crippen LogP contribution in [0.4, 0.5) is 5.82 Å². The Morgan fingerprint density at radius 2 is 2.05 bits per heavy atom. The fraction of sp³-hybridized carbons (Fsp3) is 0.0833. The van der Waals surface area contributed by atoms with E-state index in [4.69, 9.17) is 5.26 Å². The van der Waals surface area contributed by atoms with Gasteiger partial charge in [-0.3, -0.25) is 9.48 Å². The summed E-state index contributed by atoms with van der Waals surface area (Å²) in [5.74, 6) is -1.39. The molecule has 2 aromatic rings. The highest BCUT2D eigenvalue weighted by Gasteiger charge is 2.18. The number of rotatable bonds is 2. The molecule has 7 nitrogen and oxygen atoms in total. The van der Waals surface area contributed by atoms with E-state index in [0.29, 0.717) is 0 Å². The van der Waals surface area contributed by atoms with Crippen LogP contribution in [-0.2, 0) is 7.05 Å². The molecule has 0 aliphatic carbocycles. The van der Waals surface area contributed by atoms with Crippen LogP contribution < -0.4 is 5.32 Å². The van der Waals surface area contributed by atoms with Gasteiger partial charge in [-0.05, 0) is 12.1 Å². The molecule has 0 atom stereocenters. The summed E-state index contributed by atoms with van der Waals surface area (Å²) in [6.45, 7) is 0. The summed E-state index contributed by atoms with van der Waals surface area (Å²) in [5.41, 5.74) is -0.0807. The molecule has 0 fully saturated rings. The standard InChI is InChI=1S/C12H10N4O3/c1-16-6-7(5-13)11(15-16)14-12(19)10-8(17)3-2-4-9(10)18/h2-4,6,17-18H,1H3,(H,14,15,19). The number of carbonyl (C=O) groups is 1. The van der Waals surface area contributed by atoms with Crippen molar-refractivity contribution in [3.8, 4) is 17.6 Å². The maximum atomic E-state index is 11.9. The molecule has 0 saturated carbocycles. The van der Waals surface area contributed by atoms with Gasteiger partial charge in [0.05, 0.1) is 0 Å². The Kier molecular flexibility index (Phi) is 3.08. The number of nitriles is 1. The molecule has 19 heavy (non-hydrogen) atoms. The maximum Gasteiger partial charge on any atom is 0.264 e. The summed E-state index contributed by atoms with van der Waals surface area (Å²) >= 11 is 0. The number of carbonyl (C=O) groups excluding carboxylic acids is 1. The third-order valence-corrected chi connectivity index (χ3v) is 2.43. The molecule has 0 unspecified atom stereocenters. The van der Waals surface area contributed by atoms with Gasteiger partial charge >= 0.3 is 0 Å². The Balaban J connectivity index is 2.34. The van der Waals surface area contributed by atoms with E-state index in [1.54, 1.807) is 7.05 Å². The molecule has 1 aromatic heterocycles. The van der Waals surface area contributed by atoms with E-state index in [-0.39, 0.29) is 28.4 Å². The molecule has 1 amide bonds. The molecule has 0 saturated heterocycles. The number of phenols is 2. The second-order valence-corrected chi connectivity index (χ2v) is 3.80. The minimum Gasteiger partial charge on any atom is -0.507 e. The molecule has 0 bridgehead atoms. The van der Waals surface area contributed by atoms with E-state index in [1.807, 2.05) is 6.07 Å². The normalized spacial score (nSPS) is 9.89. The SMILES string of the molecule is Cn1cc(C#N)c(NC(=O)c2c(O)cccc2O)n1. The highest BCUT2D eigenvalue weighted by molar-refractivity contribution is 6.08. The molecule has 96 valence electrons. The van der Waals surface area contributed by atoms with Crippen LogP contribution in [0.1, 0.15) is 15.9 Å². The van der Waals surface area contributed by atoms with Crippen LogP contribution in [0.15, 0.2) is 24.4 Å². The third kappa shape index (κ3) is 2.32. The van der Waals surface area contributed by atoms with Crippen LogP contribution in [-0.4, -0.2) is 25.9 Å². The first-order valence-corrected chi connectivity index (χ1v) is 5.29. The van der Waals surface area contributed by atoms with Gasteiger partial charge in [0.1, 0.15) is 28.7 Å². The number of aryl methyl sites for hydroxylation is 1. The van der Waals surface area contributed by atoms with Crippen molar-refractivity contribution in [2.75, 3.05) is 5.32 Å². The van der Waals surface area contributed by atoms with E-state index in [1.165, 1.54) is 29.1 Å². The largest absolute Gasteiger partial charge is 0.507 e. The van der Waals surface area contributed by atoms with Crippen LogP contribution in [0.2, 0.25) is 0 Å². The highest BCUT2D eigenvalue weighted by atomic mass is 16.3. The minimum atomic E-state index is -0.745. The highest BCUT2D eigenvalue weighted by Crippen LogP contribution is 2.27. The number of amides is 1. The Morgan fingerprint density at radius 3 is 2.63 bits per heavy atom. The first kappa shape index (κ1) is 12.4. The number of phenolic OH excluding ortho intramolecular Hbond substituents is 2. The van der Waals surface area contributed by atoms with E-state index in [9.17, 15) is 15.0 Å². The van der Waals surface area contributed by atoms with Crippen molar-refractivity contribution in [3.63, 3.8) is 0 Å².